The summed E-state index contributed by atoms with van der Waals surface area (Å²) in [5.74, 6) is 0.968. The Morgan fingerprint density at radius 1 is 1.56 bits per heavy atom. The number of nitrogens with two attached hydrogens (primary N) is 1. The molecule has 0 aromatic heterocycles. The van der Waals surface area contributed by atoms with E-state index in [0.717, 1.165) is 12.2 Å². The van der Waals surface area contributed by atoms with E-state index in [2.05, 4.69) is 6.92 Å². The summed E-state index contributed by atoms with van der Waals surface area (Å²) in [5, 5.41) is 6.96. The highest BCUT2D eigenvalue weighted by Gasteiger charge is 1.84. The molecule has 0 aromatic carbocycles. The highest BCUT2D eigenvalue weighted by molar-refractivity contribution is 8.93. The summed E-state index contributed by atoms with van der Waals surface area (Å²) >= 11 is 1.39. The van der Waals surface area contributed by atoms with E-state index in [9.17, 15) is 0 Å². The zero-order valence-corrected chi connectivity index (χ0v) is 9.46. The molecular formula is C4H12Br2N2S. The van der Waals surface area contributed by atoms with E-state index >= 15 is 0 Å². The molecule has 0 radical (unpaired) electrons. The van der Waals surface area contributed by atoms with Gasteiger partial charge in [-0.25, -0.2) is 0 Å². The van der Waals surface area contributed by atoms with Gasteiger partial charge in [-0.15, -0.1) is 34.0 Å². The van der Waals surface area contributed by atoms with Crippen molar-refractivity contribution >= 4 is 50.9 Å². The zero-order valence-electron chi connectivity index (χ0n) is 5.22. The Bertz CT molecular complexity index is 69.6. The quantitative estimate of drug-likeness (QED) is 0.601. The summed E-state index contributed by atoms with van der Waals surface area (Å²) in [6.45, 7) is 2.07. The smallest absolute Gasteiger partial charge is 0.151 e. The third-order valence-electron chi connectivity index (χ3n) is 0.462. The Morgan fingerprint density at radius 3 is 2.11 bits per heavy atom. The number of hydrogen-bond donors (Lipinski definition) is 2. The number of amidine groups is 1. The summed E-state index contributed by atoms with van der Waals surface area (Å²) in [4.78, 5) is 0. The van der Waals surface area contributed by atoms with Crippen molar-refractivity contribution in [2.45, 2.75) is 13.3 Å². The van der Waals surface area contributed by atoms with Crippen molar-refractivity contribution in [2.75, 3.05) is 5.75 Å². The van der Waals surface area contributed by atoms with Gasteiger partial charge >= 0.3 is 0 Å². The van der Waals surface area contributed by atoms with Crippen molar-refractivity contribution < 1.29 is 0 Å². The van der Waals surface area contributed by atoms with Crippen LogP contribution in [0.4, 0.5) is 0 Å². The Hall–Kier alpha value is 0.780. The van der Waals surface area contributed by atoms with Gasteiger partial charge in [-0.05, 0) is 6.42 Å². The van der Waals surface area contributed by atoms with Crippen LogP contribution >= 0.6 is 45.7 Å². The minimum absolute atomic E-state index is 0. The second-order valence-electron chi connectivity index (χ2n) is 1.21. The summed E-state index contributed by atoms with van der Waals surface area (Å²) < 4.78 is 0. The first-order valence-corrected chi connectivity index (χ1v) is 3.22. The lowest BCUT2D eigenvalue weighted by Gasteiger charge is -1.90. The summed E-state index contributed by atoms with van der Waals surface area (Å²) in [6, 6.07) is 0. The van der Waals surface area contributed by atoms with E-state index in [1.54, 1.807) is 0 Å². The zero-order chi connectivity index (χ0) is 5.70. The monoisotopic (exact) mass is 278 g/mol. The van der Waals surface area contributed by atoms with Gasteiger partial charge in [-0.3, -0.25) is 5.41 Å². The van der Waals surface area contributed by atoms with Crippen LogP contribution in [0.5, 0.6) is 0 Å². The van der Waals surface area contributed by atoms with Gasteiger partial charge in [-0.1, -0.05) is 18.7 Å². The average molecular weight is 280 g/mol. The standard InChI is InChI=1S/C4H10N2S.2BrH/c1-2-3-7-4(5)6;;/h2-3H2,1H3,(H3,5,6);2*1H. The van der Waals surface area contributed by atoms with E-state index in [-0.39, 0.29) is 39.1 Å². The van der Waals surface area contributed by atoms with Crippen LogP contribution in [0.15, 0.2) is 0 Å². The molecule has 0 aliphatic rings. The first-order valence-electron chi connectivity index (χ1n) is 2.24. The second-order valence-corrected chi connectivity index (χ2v) is 2.35. The Labute approximate surface area is 81.0 Å². The fraction of sp³-hybridized carbons (Fsp3) is 0.750. The van der Waals surface area contributed by atoms with Crippen LogP contribution in [0.25, 0.3) is 0 Å². The van der Waals surface area contributed by atoms with Gasteiger partial charge in [0.2, 0.25) is 0 Å². The van der Waals surface area contributed by atoms with Gasteiger partial charge in [0.25, 0.3) is 0 Å². The second kappa shape index (κ2) is 11.6. The van der Waals surface area contributed by atoms with Gasteiger partial charge in [0, 0.05) is 5.75 Å². The number of hydrogen-bond acceptors (Lipinski definition) is 2. The molecule has 0 amide bonds. The molecule has 0 saturated carbocycles. The predicted molar refractivity (Wildman–Crippen MR) is 55.3 cm³/mol. The van der Waals surface area contributed by atoms with Crippen LogP contribution in [0.3, 0.4) is 0 Å². The Morgan fingerprint density at radius 2 is 2.00 bits per heavy atom. The molecule has 0 atom stereocenters. The normalized spacial score (nSPS) is 6.78. The highest BCUT2D eigenvalue weighted by Crippen LogP contribution is 1.97. The van der Waals surface area contributed by atoms with E-state index in [1.807, 2.05) is 0 Å². The Kier molecular flexibility index (Phi) is 21.1. The molecular weight excluding hydrogens is 268 g/mol. The fourth-order valence-corrected chi connectivity index (χ4v) is 0.636. The highest BCUT2D eigenvalue weighted by atomic mass is 79.9. The van der Waals surface area contributed by atoms with Crippen molar-refractivity contribution in [1.29, 1.82) is 5.41 Å². The fourth-order valence-electron chi connectivity index (χ4n) is 0.212. The van der Waals surface area contributed by atoms with Gasteiger partial charge in [-0.2, -0.15) is 0 Å². The Balaban J connectivity index is -0.000000180. The first kappa shape index (κ1) is 16.4. The molecule has 0 fully saturated rings. The molecule has 0 spiro atoms. The van der Waals surface area contributed by atoms with Crippen molar-refractivity contribution in [1.82, 2.24) is 0 Å². The van der Waals surface area contributed by atoms with Crippen molar-refractivity contribution in [3.63, 3.8) is 0 Å². The van der Waals surface area contributed by atoms with Crippen molar-refractivity contribution in [3.8, 4) is 0 Å². The van der Waals surface area contributed by atoms with Gasteiger partial charge in [0.05, 0.1) is 0 Å². The van der Waals surface area contributed by atoms with Crippen molar-refractivity contribution in [3.05, 3.63) is 0 Å². The molecule has 9 heavy (non-hydrogen) atoms. The number of rotatable bonds is 2. The molecule has 0 bridgehead atoms. The van der Waals surface area contributed by atoms with E-state index in [4.69, 9.17) is 11.1 Å². The average Bonchev–Trinajstić information content (AvgIpc) is 1.61. The van der Waals surface area contributed by atoms with Gasteiger partial charge in [0.15, 0.2) is 5.17 Å². The summed E-state index contributed by atoms with van der Waals surface area (Å²) in [6.07, 6.45) is 1.09. The molecule has 0 saturated heterocycles. The van der Waals surface area contributed by atoms with Crippen LogP contribution in [-0.4, -0.2) is 10.9 Å². The molecule has 0 rings (SSSR count). The van der Waals surface area contributed by atoms with Crippen LogP contribution in [0, 0.1) is 5.41 Å². The summed E-state index contributed by atoms with van der Waals surface area (Å²) in [5.41, 5.74) is 5.02. The molecule has 3 N–H and O–H groups in total. The summed E-state index contributed by atoms with van der Waals surface area (Å²) in [7, 11) is 0. The minimum Gasteiger partial charge on any atom is -0.379 e. The lowest BCUT2D eigenvalue weighted by molar-refractivity contribution is 1.11. The first-order chi connectivity index (χ1) is 3.27. The third-order valence-corrected chi connectivity index (χ3v) is 1.39. The van der Waals surface area contributed by atoms with E-state index < -0.39 is 0 Å². The van der Waals surface area contributed by atoms with Crippen LogP contribution < -0.4 is 5.73 Å². The molecule has 2 nitrogen and oxygen atoms in total. The molecule has 58 valence electrons. The van der Waals surface area contributed by atoms with Crippen molar-refractivity contribution in [2.24, 2.45) is 5.73 Å². The predicted octanol–water partition coefficient (Wildman–Crippen LogP) is 2.18. The molecule has 0 unspecified atom stereocenters. The maximum absolute atomic E-state index is 6.74. The third kappa shape index (κ3) is 17.7. The van der Waals surface area contributed by atoms with Crippen LogP contribution in [-0.2, 0) is 0 Å². The maximum atomic E-state index is 6.74. The van der Waals surface area contributed by atoms with Gasteiger partial charge in [0.1, 0.15) is 0 Å². The number of halogens is 2. The molecule has 0 aromatic rings. The van der Waals surface area contributed by atoms with Gasteiger partial charge < -0.3 is 5.73 Å². The molecule has 0 aliphatic heterocycles. The van der Waals surface area contributed by atoms with E-state index in [1.165, 1.54) is 11.8 Å². The maximum Gasteiger partial charge on any atom is 0.151 e. The molecule has 0 aliphatic carbocycles. The van der Waals surface area contributed by atoms with E-state index in [0.29, 0.717) is 0 Å². The SMILES string of the molecule is Br.Br.CCCSC(=N)N. The number of nitrogens with one attached hydrogen (secondary N) is 1. The minimum atomic E-state index is 0. The lowest BCUT2D eigenvalue weighted by atomic mass is 10.6. The number of thioether (sulfide) groups is 1. The topological polar surface area (TPSA) is 49.9 Å². The molecule has 0 heterocycles. The van der Waals surface area contributed by atoms with Crippen LogP contribution in [0.1, 0.15) is 13.3 Å². The largest absolute Gasteiger partial charge is 0.379 e. The lowest BCUT2D eigenvalue weighted by Crippen LogP contribution is -2.03. The molecule has 5 heteroatoms. The van der Waals surface area contributed by atoms with Crippen LogP contribution in [0.2, 0.25) is 0 Å².